The number of rotatable bonds is 10. The van der Waals surface area contributed by atoms with Gasteiger partial charge in [-0.3, -0.25) is 4.98 Å². The third kappa shape index (κ3) is 5.66. The van der Waals surface area contributed by atoms with Crippen LogP contribution in [0.3, 0.4) is 0 Å². The zero-order valence-electron chi connectivity index (χ0n) is 15.6. The van der Waals surface area contributed by atoms with Crippen LogP contribution in [0.15, 0.2) is 54.7 Å². The van der Waals surface area contributed by atoms with Crippen molar-refractivity contribution in [2.45, 2.75) is 19.3 Å². The van der Waals surface area contributed by atoms with Gasteiger partial charge in [-0.1, -0.05) is 18.2 Å². The van der Waals surface area contributed by atoms with E-state index in [1.807, 2.05) is 18.2 Å². The van der Waals surface area contributed by atoms with Crippen LogP contribution in [-0.4, -0.2) is 31.8 Å². The Labute approximate surface area is 159 Å². The molecule has 0 aliphatic heterocycles. The predicted molar refractivity (Wildman–Crippen MR) is 106 cm³/mol. The minimum absolute atomic E-state index is 0.308. The molecule has 1 aromatic heterocycles. The van der Waals surface area contributed by atoms with E-state index in [4.69, 9.17) is 9.47 Å². The highest BCUT2D eigenvalue weighted by Crippen LogP contribution is 2.24. The highest BCUT2D eigenvalue weighted by atomic mass is 19.1. The van der Waals surface area contributed by atoms with Gasteiger partial charge in [-0.15, -0.1) is 0 Å². The predicted octanol–water partition coefficient (Wildman–Crippen LogP) is 4.37. The van der Waals surface area contributed by atoms with Gasteiger partial charge >= 0.3 is 0 Å². The largest absolute Gasteiger partial charge is 0.497 e. The molecular formula is C22H25FN2O2. The van der Waals surface area contributed by atoms with Crippen LogP contribution in [0.1, 0.15) is 18.4 Å². The second-order valence-electron chi connectivity index (χ2n) is 6.38. The first kappa shape index (κ1) is 19.1. The van der Waals surface area contributed by atoms with Gasteiger partial charge in [0.2, 0.25) is 0 Å². The molecular weight excluding hydrogens is 343 g/mol. The van der Waals surface area contributed by atoms with Gasteiger partial charge < -0.3 is 14.8 Å². The van der Waals surface area contributed by atoms with Crippen molar-refractivity contribution in [2.75, 3.05) is 26.8 Å². The van der Waals surface area contributed by atoms with E-state index in [2.05, 4.69) is 22.4 Å². The van der Waals surface area contributed by atoms with Crippen LogP contribution in [0.4, 0.5) is 4.39 Å². The van der Waals surface area contributed by atoms with E-state index in [-0.39, 0.29) is 5.82 Å². The van der Waals surface area contributed by atoms with Crippen molar-refractivity contribution in [3.05, 3.63) is 66.1 Å². The average Bonchev–Trinajstić information content (AvgIpc) is 2.70. The number of halogens is 1. The summed E-state index contributed by atoms with van der Waals surface area (Å²) in [7, 11) is 1.68. The lowest BCUT2D eigenvalue weighted by atomic mass is 10.1. The standard InChI is InChI=1S/C22H25FN2O2/c1-26-20-9-7-17(8-10-20)5-2-3-11-24-13-14-27-21-16-19(23)15-18-6-4-12-25-22(18)21/h4,6-10,12,15-16,24H,2-3,5,11,13-14H2,1H3. The van der Waals surface area contributed by atoms with Crippen LogP contribution >= 0.6 is 0 Å². The molecule has 0 fully saturated rings. The Balaban J connectivity index is 1.33. The molecule has 1 heterocycles. The lowest BCUT2D eigenvalue weighted by Crippen LogP contribution is -2.22. The highest BCUT2D eigenvalue weighted by Gasteiger charge is 2.06. The second-order valence-corrected chi connectivity index (χ2v) is 6.38. The van der Waals surface area contributed by atoms with Gasteiger partial charge in [0.05, 0.1) is 7.11 Å². The first-order valence-corrected chi connectivity index (χ1v) is 9.27. The van der Waals surface area contributed by atoms with E-state index in [1.54, 1.807) is 19.4 Å². The molecule has 0 saturated heterocycles. The van der Waals surface area contributed by atoms with Crippen LogP contribution in [0.2, 0.25) is 0 Å². The molecule has 0 radical (unpaired) electrons. The third-order valence-corrected chi connectivity index (χ3v) is 4.40. The molecule has 3 aromatic rings. The first-order chi connectivity index (χ1) is 13.3. The number of aromatic nitrogens is 1. The van der Waals surface area contributed by atoms with Gasteiger partial charge in [-0.2, -0.15) is 0 Å². The molecule has 0 aliphatic rings. The summed E-state index contributed by atoms with van der Waals surface area (Å²) in [6, 6.07) is 14.7. The number of ether oxygens (including phenoxy) is 2. The number of aryl methyl sites for hydroxylation is 1. The number of benzene rings is 2. The molecule has 27 heavy (non-hydrogen) atoms. The number of nitrogens with zero attached hydrogens (tertiary/aromatic N) is 1. The Bertz CT molecular complexity index is 853. The van der Waals surface area contributed by atoms with Gasteiger partial charge in [0.1, 0.15) is 29.4 Å². The van der Waals surface area contributed by atoms with Gasteiger partial charge in [-0.25, -0.2) is 4.39 Å². The van der Waals surface area contributed by atoms with Crippen molar-refractivity contribution in [1.82, 2.24) is 10.3 Å². The summed E-state index contributed by atoms with van der Waals surface area (Å²) in [4.78, 5) is 4.28. The Morgan fingerprint density at radius 1 is 1.04 bits per heavy atom. The van der Waals surface area contributed by atoms with Crippen molar-refractivity contribution >= 4 is 10.9 Å². The van der Waals surface area contributed by atoms with Crippen molar-refractivity contribution in [1.29, 1.82) is 0 Å². The molecule has 5 heteroatoms. The monoisotopic (exact) mass is 368 g/mol. The van der Waals surface area contributed by atoms with Crippen LogP contribution in [-0.2, 0) is 6.42 Å². The van der Waals surface area contributed by atoms with E-state index in [9.17, 15) is 4.39 Å². The Hall–Kier alpha value is -2.66. The molecule has 0 aliphatic carbocycles. The number of hydrogen-bond acceptors (Lipinski definition) is 4. The number of nitrogens with one attached hydrogen (secondary N) is 1. The first-order valence-electron chi connectivity index (χ1n) is 9.27. The van der Waals surface area contributed by atoms with E-state index in [0.717, 1.165) is 36.9 Å². The van der Waals surface area contributed by atoms with Crippen molar-refractivity contribution in [3.8, 4) is 11.5 Å². The zero-order chi connectivity index (χ0) is 18.9. The van der Waals surface area contributed by atoms with Gasteiger partial charge in [0, 0.05) is 24.2 Å². The summed E-state index contributed by atoms with van der Waals surface area (Å²) in [6.45, 7) is 2.13. The SMILES string of the molecule is COc1ccc(CCCCNCCOc2cc(F)cc3cccnc23)cc1. The van der Waals surface area contributed by atoms with Crippen molar-refractivity contribution < 1.29 is 13.9 Å². The number of pyridine rings is 1. The maximum absolute atomic E-state index is 13.7. The smallest absolute Gasteiger partial charge is 0.148 e. The molecule has 3 rings (SSSR count). The topological polar surface area (TPSA) is 43.4 Å². The van der Waals surface area contributed by atoms with E-state index >= 15 is 0 Å². The zero-order valence-corrected chi connectivity index (χ0v) is 15.6. The molecule has 0 saturated carbocycles. The maximum atomic E-state index is 13.7. The number of fused-ring (bicyclic) bond motifs is 1. The fourth-order valence-electron chi connectivity index (χ4n) is 2.96. The van der Waals surface area contributed by atoms with Crippen molar-refractivity contribution in [2.24, 2.45) is 0 Å². The summed E-state index contributed by atoms with van der Waals surface area (Å²) >= 11 is 0. The third-order valence-electron chi connectivity index (χ3n) is 4.40. The Kier molecular flexibility index (Phi) is 6.99. The van der Waals surface area contributed by atoms with Crippen LogP contribution in [0, 0.1) is 5.82 Å². The molecule has 4 nitrogen and oxygen atoms in total. The summed E-state index contributed by atoms with van der Waals surface area (Å²) in [5, 5.41) is 4.11. The van der Waals surface area contributed by atoms with Crippen molar-refractivity contribution in [3.63, 3.8) is 0 Å². The summed E-state index contributed by atoms with van der Waals surface area (Å²) in [5.74, 6) is 1.07. The summed E-state index contributed by atoms with van der Waals surface area (Å²) in [6.07, 6.45) is 4.96. The number of methoxy groups -OCH3 is 1. The number of hydrogen-bond donors (Lipinski definition) is 1. The number of unbranched alkanes of at least 4 members (excludes halogenated alkanes) is 1. The molecule has 0 amide bonds. The highest BCUT2D eigenvalue weighted by molar-refractivity contribution is 5.84. The van der Waals surface area contributed by atoms with Gasteiger partial charge in [-0.05, 0) is 55.6 Å². The molecule has 0 unspecified atom stereocenters. The van der Waals surface area contributed by atoms with Crippen LogP contribution in [0.25, 0.3) is 10.9 Å². The average molecular weight is 368 g/mol. The quantitative estimate of drug-likeness (QED) is 0.540. The van der Waals surface area contributed by atoms with Gasteiger partial charge in [0.15, 0.2) is 0 Å². The fourth-order valence-corrected chi connectivity index (χ4v) is 2.96. The molecule has 0 spiro atoms. The minimum atomic E-state index is -0.308. The normalized spacial score (nSPS) is 10.9. The maximum Gasteiger partial charge on any atom is 0.148 e. The Morgan fingerprint density at radius 2 is 1.89 bits per heavy atom. The summed E-state index contributed by atoms with van der Waals surface area (Å²) < 4.78 is 24.6. The Morgan fingerprint density at radius 3 is 2.70 bits per heavy atom. The molecule has 0 bridgehead atoms. The second kappa shape index (κ2) is 9.88. The van der Waals surface area contributed by atoms with E-state index < -0.39 is 0 Å². The lowest BCUT2D eigenvalue weighted by Gasteiger charge is -2.10. The molecule has 0 atom stereocenters. The van der Waals surface area contributed by atoms with E-state index in [0.29, 0.717) is 24.4 Å². The van der Waals surface area contributed by atoms with E-state index in [1.165, 1.54) is 17.7 Å². The van der Waals surface area contributed by atoms with Gasteiger partial charge in [0.25, 0.3) is 0 Å². The lowest BCUT2D eigenvalue weighted by molar-refractivity contribution is 0.315. The molecule has 2 aromatic carbocycles. The molecule has 142 valence electrons. The summed E-state index contributed by atoms with van der Waals surface area (Å²) in [5.41, 5.74) is 2.02. The minimum Gasteiger partial charge on any atom is -0.497 e. The van der Waals surface area contributed by atoms with Crippen LogP contribution < -0.4 is 14.8 Å². The fraction of sp³-hybridized carbons (Fsp3) is 0.318. The van der Waals surface area contributed by atoms with Crippen LogP contribution in [0.5, 0.6) is 11.5 Å². The molecule has 1 N–H and O–H groups in total.